The Hall–Kier alpha value is -3.91. The average molecular weight is 488 g/mol. The molecule has 0 saturated carbocycles. The van der Waals surface area contributed by atoms with Crippen molar-refractivity contribution in [1.82, 2.24) is 14.9 Å². The van der Waals surface area contributed by atoms with Gasteiger partial charge in [-0.3, -0.25) is 4.79 Å². The van der Waals surface area contributed by atoms with Crippen molar-refractivity contribution in [2.24, 2.45) is 0 Å². The second kappa shape index (κ2) is 10.8. The molecule has 0 radical (unpaired) electrons. The lowest BCUT2D eigenvalue weighted by Gasteiger charge is -2.24. The van der Waals surface area contributed by atoms with Crippen molar-refractivity contribution in [3.05, 3.63) is 95.8 Å². The normalized spacial score (nSPS) is 14.6. The molecule has 8 heteroatoms. The molecule has 4 aromatic rings. The fraction of sp³-hybridized carbons (Fsp3) is 0.250. The fourth-order valence-electron chi connectivity index (χ4n) is 4.60. The first kappa shape index (κ1) is 23.8. The molecule has 1 unspecified atom stereocenters. The van der Waals surface area contributed by atoms with Crippen LogP contribution in [0.3, 0.4) is 0 Å². The van der Waals surface area contributed by atoms with Gasteiger partial charge in [-0.15, -0.1) is 0 Å². The number of anilines is 2. The van der Waals surface area contributed by atoms with Crippen LogP contribution in [0.15, 0.2) is 73.1 Å². The number of amides is 1. The van der Waals surface area contributed by atoms with E-state index in [9.17, 15) is 13.6 Å². The quantitative estimate of drug-likeness (QED) is 0.329. The third kappa shape index (κ3) is 5.49. The first-order valence-corrected chi connectivity index (χ1v) is 12.1. The molecule has 1 aliphatic rings. The van der Waals surface area contributed by atoms with Crippen LogP contribution in [0.5, 0.6) is 0 Å². The van der Waals surface area contributed by atoms with E-state index in [4.69, 9.17) is 0 Å². The lowest BCUT2D eigenvalue weighted by molar-refractivity contribution is 0.102. The molecule has 1 atom stereocenters. The lowest BCUT2D eigenvalue weighted by Crippen LogP contribution is -2.24. The molecule has 1 saturated heterocycles. The van der Waals surface area contributed by atoms with Gasteiger partial charge in [-0.25, -0.2) is 18.7 Å². The largest absolute Gasteiger partial charge is 0.363 e. The number of fused-ring (bicyclic) bond motifs is 1. The minimum Gasteiger partial charge on any atom is -0.363 e. The zero-order chi connectivity index (χ0) is 24.9. The Balaban J connectivity index is 1.39. The zero-order valence-corrected chi connectivity index (χ0v) is 19.8. The van der Waals surface area contributed by atoms with Gasteiger partial charge in [0.1, 0.15) is 12.1 Å². The number of nitrogens with one attached hydrogen (secondary N) is 2. The van der Waals surface area contributed by atoms with Gasteiger partial charge in [-0.05, 0) is 80.4 Å². The first-order valence-electron chi connectivity index (χ1n) is 12.1. The van der Waals surface area contributed by atoms with E-state index >= 15 is 0 Å². The van der Waals surface area contributed by atoms with Crippen LogP contribution in [0.4, 0.5) is 20.3 Å². The number of hydrogen-bond donors (Lipinski definition) is 2. The maximum atomic E-state index is 13.6. The first-order chi connectivity index (χ1) is 17.6. The highest BCUT2D eigenvalue weighted by Gasteiger charge is 2.19. The Kier molecular flexibility index (Phi) is 7.13. The number of carbonyl (C=O) groups excluding carboxylic acids is 1. The van der Waals surface area contributed by atoms with E-state index in [0.717, 1.165) is 60.5 Å². The van der Waals surface area contributed by atoms with Crippen LogP contribution >= 0.6 is 0 Å². The third-order valence-corrected chi connectivity index (χ3v) is 6.52. The summed E-state index contributed by atoms with van der Waals surface area (Å²) in [7, 11) is 0. The predicted octanol–water partition coefficient (Wildman–Crippen LogP) is 5.80. The van der Waals surface area contributed by atoms with Crippen LogP contribution in [0, 0.1) is 11.6 Å². The number of aromatic nitrogens is 2. The van der Waals surface area contributed by atoms with Crippen molar-refractivity contribution in [2.45, 2.75) is 25.3 Å². The Morgan fingerprint density at radius 1 is 0.944 bits per heavy atom. The molecule has 2 N–H and O–H groups in total. The monoisotopic (exact) mass is 487 g/mol. The van der Waals surface area contributed by atoms with Gasteiger partial charge in [-0.1, -0.05) is 24.3 Å². The molecule has 0 bridgehead atoms. The van der Waals surface area contributed by atoms with Crippen LogP contribution in [0.1, 0.15) is 41.2 Å². The molecule has 0 spiro atoms. The van der Waals surface area contributed by atoms with Crippen molar-refractivity contribution in [3.63, 3.8) is 0 Å². The molecule has 5 rings (SSSR count). The van der Waals surface area contributed by atoms with E-state index in [2.05, 4.69) is 25.5 Å². The van der Waals surface area contributed by atoms with Crippen LogP contribution < -0.4 is 10.6 Å². The number of benzene rings is 3. The van der Waals surface area contributed by atoms with E-state index in [1.54, 1.807) is 12.4 Å². The standard InChI is InChI=1S/C28H27F2N5O/c29-23-11-10-20(17-24(23)30)28(36)33-21-7-5-6-19(16-21)25(12-15-35-13-3-4-14-35)34-27-22-8-1-2-9-26(22)31-18-32-27/h1-2,5-11,16-18,25H,3-4,12-15H2,(H,33,36)(H,31,32,34). The van der Waals surface area contributed by atoms with Crippen LogP contribution in [0.2, 0.25) is 0 Å². The number of halogens is 2. The van der Waals surface area contributed by atoms with Gasteiger partial charge in [0.2, 0.25) is 0 Å². The summed E-state index contributed by atoms with van der Waals surface area (Å²) in [6, 6.07) is 18.5. The summed E-state index contributed by atoms with van der Waals surface area (Å²) >= 11 is 0. The van der Waals surface area contributed by atoms with Crippen molar-refractivity contribution in [1.29, 1.82) is 0 Å². The third-order valence-electron chi connectivity index (χ3n) is 6.52. The highest BCUT2D eigenvalue weighted by atomic mass is 19.2. The molecule has 1 aliphatic heterocycles. The molecule has 36 heavy (non-hydrogen) atoms. The smallest absolute Gasteiger partial charge is 0.255 e. The lowest BCUT2D eigenvalue weighted by atomic mass is 10.0. The summed E-state index contributed by atoms with van der Waals surface area (Å²) in [5.41, 5.74) is 2.47. The number of carbonyl (C=O) groups is 1. The summed E-state index contributed by atoms with van der Waals surface area (Å²) in [6.07, 6.45) is 4.85. The number of nitrogens with zero attached hydrogens (tertiary/aromatic N) is 3. The number of rotatable bonds is 8. The predicted molar refractivity (Wildman–Crippen MR) is 137 cm³/mol. The van der Waals surface area contributed by atoms with Gasteiger partial charge in [0.25, 0.3) is 5.91 Å². The van der Waals surface area contributed by atoms with E-state index in [-0.39, 0.29) is 11.6 Å². The van der Waals surface area contributed by atoms with Crippen molar-refractivity contribution < 1.29 is 13.6 Å². The van der Waals surface area contributed by atoms with Gasteiger partial charge in [0.15, 0.2) is 11.6 Å². The minimum absolute atomic E-state index is 0.0514. The Bertz CT molecular complexity index is 1370. The van der Waals surface area contributed by atoms with Gasteiger partial charge in [-0.2, -0.15) is 0 Å². The SMILES string of the molecule is O=C(Nc1cccc(C(CCN2CCCC2)Nc2ncnc3ccccc23)c1)c1ccc(F)c(F)c1. The molecule has 1 aromatic heterocycles. The van der Waals surface area contributed by atoms with Gasteiger partial charge < -0.3 is 15.5 Å². The van der Waals surface area contributed by atoms with Crippen LogP contribution in [-0.2, 0) is 0 Å². The van der Waals surface area contributed by atoms with Gasteiger partial charge in [0.05, 0.1) is 11.6 Å². The van der Waals surface area contributed by atoms with Crippen LogP contribution in [0.25, 0.3) is 10.9 Å². The molecular weight excluding hydrogens is 460 g/mol. The maximum absolute atomic E-state index is 13.6. The summed E-state index contributed by atoms with van der Waals surface area (Å²) in [6.45, 7) is 3.15. The molecule has 2 heterocycles. The van der Waals surface area contributed by atoms with E-state index < -0.39 is 17.5 Å². The molecule has 1 fully saturated rings. The Morgan fingerprint density at radius 3 is 2.61 bits per heavy atom. The van der Waals surface area contributed by atoms with Gasteiger partial charge in [0, 0.05) is 23.2 Å². The summed E-state index contributed by atoms with van der Waals surface area (Å²) in [4.78, 5) is 24.0. The number of para-hydroxylation sites is 1. The molecular formula is C28H27F2N5O. The Labute approximate surface area is 208 Å². The van der Waals surface area contributed by atoms with Gasteiger partial charge >= 0.3 is 0 Å². The van der Waals surface area contributed by atoms with Crippen molar-refractivity contribution in [3.8, 4) is 0 Å². The second-order valence-electron chi connectivity index (χ2n) is 8.98. The molecule has 3 aromatic carbocycles. The molecule has 1 amide bonds. The van der Waals surface area contributed by atoms with E-state index in [1.807, 2.05) is 42.5 Å². The van der Waals surface area contributed by atoms with E-state index in [0.29, 0.717) is 5.69 Å². The molecule has 0 aliphatic carbocycles. The van der Waals surface area contributed by atoms with Crippen LogP contribution in [-0.4, -0.2) is 40.4 Å². The fourth-order valence-corrected chi connectivity index (χ4v) is 4.60. The minimum atomic E-state index is -1.06. The summed E-state index contributed by atoms with van der Waals surface area (Å²) in [5.74, 6) is -1.80. The van der Waals surface area contributed by atoms with Crippen molar-refractivity contribution in [2.75, 3.05) is 30.3 Å². The highest BCUT2D eigenvalue weighted by molar-refractivity contribution is 6.04. The topological polar surface area (TPSA) is 70.2 Å². The Morgan fingerprint density at radius 2 is 1.78 bits per heavy atom. The number of hydrogen-bond acceptors (Lipinski definition) is 5. The van der Waals surface area contributed by atoms with Crippen molar-refractivity contribution >= 4 is 28.3 Å². The number of likely N-dealkylation sites (tertiary alicyclic amines) is 1. The zero-order valence-electron chi connectivity index (χ0n) is 19.8. The highest BCUT2D eigenvalue weighted by Crippen LogP contribution is 2.28. The summed E-state index contributed by atoms with van der Waals surface area (Å²) < 4.78 is 26.9. The summed E-state index contributed by atoms with van der Waals surface area (Å²) in [5, 5.41) is 7.34. The average Bonchev–Trinajstić information content (AvgIpc) is 3.42. The second-order valence-corrected chi connectivity index (χ2v) is 8.98. The molecule has 184 valence electrons. The molecule has 6 nitrogen and oxygen atoms in total. The van der Waals surface area contributed by atoms with E-state index in [1.165, 1.54) is 18.9 Å². The maximum Gasteiger partial charge on any atom is 0.255 e.